The molecule has 0 atom stereocenters. The van der Waals surface area contributed by atoms with Gasteiger partial charge in [-0.1, -0.05) is 6.92 Å². The Balaban J connectivity index is 1.94. The second kappa shape index (κ2) is 7.00. The molecule has 0 saturated carbocycles. The number of pyridine rings is 1. The van der Waals surface area contributed by atoms with E-state index in [0.29, 0.717) is 17.3 Å². The molecule has 0 unspecified atom stereocenters. The maximum absolute atomic E-state index is 11.6. The van der Waals surface area contributed by atoms with Crippen LogP contribution in [0.1, 0.15) is 25.7 Å². The van der Waals surface area contributed by atoms with E-state index in [4.69, 9.17) is 4.42 Å². The van der Waals surface area contributed by atoms with Crippen molar-refractivity contribution in [3.05, 3.63) is 34.6 Å². The van der Waals surface area contributed by atoms with Crippen molar-refractivity contribution in [1.29, 1.82) is 0 Å². The Morgan fingerprint density at radius 3 is 2.95 bits per heavy atom. The van der Waals surface area contributed by atoms with Crippen LogP contribution in [0.4, 0.5) is 0 Å². The Morgan fingerprint density at radius 1 is 1.35 bits per heavy atom. The molecule has 0 amide bonds. The Morgan fingerprint density at radius 2 is 2.20 bits per heavy atom. The molecule has 1 N–H and O–H groups in total. The van der Waals surface area contributed by atoms with E-state index in [1.54, 1.807) is 19.3 Å². The van der Waals surface area contributed by atoms with Crippen LogP contribution in [0.2, 0.25) is 0 Å². The van der Waals surface area contributed by atoms with Crippen molar-refractivity contribution in [2.24, 2.45) is 7.05 Å². The van der Waals surface area contributed by atoms with Gasteiger partial charge in [0.05, 0.1) is 0 Å². The van der Waals surface area contributed by atoms with Gasteiger partial charge in [-0.25, -0.2) is 0 Å². The lowest BCUT2D eigenvalue weighted by Gasteiger charge is -2.00. The second-order valence-corrected chi connectivity index (χ2v) is 4.72. The van der Waals surface area contributed by atoms with E-state index in [0.717, 1.165) is 32.4 Å². The first-order valence-electron chi connectivity index (χ1n) is 6.91. The molecule has 108 valence electrons. The molecule has 2 rings (SSSR count). The van der Waals surface area contributed by atoms with Crippen molar-refractivity contribution in [3.63, 3.8) is 0 Å². The van der Waals surface area contributed by atoms with Gasteiger partial charge in [-0.2, -0.15) is 0 Å². The lowest BCUT2D eigenvalue weighted by atomic mass is 10.2. The highest BCUT2D eigenvalue weighted by Crippen LogP contribution is 2.15. The zero-order chi connectivity index (χ0) is 14.4. The van der Waals surface area contributed by atoms with E-state index in [9.17, 15) is 4.79 Å². The van der Waals surface area contributed by atoms with E-state index in [1.165, 1.54) is 10.6 Å². The number of rotatable bonds is 7. The maximum atomic E-state index is 11.6. The fraction of sp³-hybridized carbons (Fsp3) is 0.500. The first-order valence-corrected chi connectivity index (χ1v) is 6.91. The summed E-state index contributed by atoms with van der Waals surface area (Å²) in [6.45, 7) is 4.11. The highest BCUT2D eigenvalue weighted by Gasteiger charge is 2.09. The number of aromatic nitrogens is 3. The first kappa shape index (κ1) is 14.5. The first-order chi connectivity index (χ1) is 9.70. The molecule has 2 aromatic heterocycles. The average molecular weight is 276 g/mol. The Kier molecular flexibility index (Phi) is 5.06. The van der Waals surface area contributed by atoms with Crippen molar-refractivity contribution in [2.75, 3.05) is 13.1 Å². The number of nitrogens with zero attached hydrogens (tertiary/aromatic N) is 3. The molecule has 0 aromatic carbocycles. The molecular weight excluding hydrogens is 256 g/mol. The molecule has 2 heterocycles. The fourth-order valence-electron chi connectivity index (χ4n) is 1.82. The molecule has 0 fully saturated rings. The van der Waals surface area contributed by atoms with Crippen molar-refractivity contribution < 1.29 is 4.42 Å². The van der Waals surface area contributed by atoms with Crippen molar-refractivity contribution in [1.82, 2.24) is 20.1 Å². The molecule has 6 nitrogen and oxygen atoms in total. The van der Waals surface area contributed by atoms with Gasteiger partial charge in [-0.05, 0) is 32.0 Å². The van der Waals surface area contributed by atoms with E-state index < -0.39 is 0 Å². The van der Waals surface area contributed by atoms with Crippen molar-refractivity contribution >= 4 is 0 Å². The molecule has 0 saturated heterocycles. The summed E-state index contributed by atoms with van der Waals surface area (Å²) in [5.74, 6) is 1.01. The summed E-state index contributed by atoms with van der Waals surface area (Å²) < 4.78 is 7.07. The number of hydrogen-bond acceptors (Lipinski definition) is 5. The van der Waals surface area contributed by atoms with Crippen LogP contribution in [0.15, 0.2) is 27.5 Å². The van der Waals surface area contributed by atoms with Crippen LogP contribution >= 0.6 is 0 Å². The van der Waals surface area contributed by atoms with Crippen LogP contribution in [0.3, 0.4) is 0 Å². The van der Waals surface area contributed by atoms with E-state index in [2.05, 4.69) is 22.4 Å². The smallest absolute Gasteiger partial charge is 0.251 e. The highest BCUT2D eigenvalue weighted by atomic mass is 16.4. The maximum Gasteiger partial charge on any atom is 0.251 e. The van der Waals surface area contributed by atoms with Gasteiger partial charge in [0.15, 0.2) is 0 Å². The van der Waals surface area contributed by atoms with Crippen LogP contribution in [0.25, 0.3) is 11.5 Å². The largest absolute Gasteiger partial charge is 0.421 e. The summed E-state index contributed by atoms with van der Waals surface area (Å²) in [5.41, 5.74) is 0.571. The normalized spacial score (nSPS) is 10.9. The van der Waals surface area contributed by atoms with E-state index >= 15 is 0 Å². The minimum Gasteiger partial charge on any atom is -0.421 e. The summed E-state index contributed by atoms with van der Waals surface area (Å²) in [6, 6.07) is 3.29. The van der Waals surface area contributed by atoms with Crippen LogP contribution < -0.4 is 10.9 Å². The van der Waals surface area contributed by atoms with Crippen LogP contribution in [-0.2, 0) is 13.5 Å². The van der Waals surface area contributed by atoms with Gasteiger partial charge in [0.1, 0.15) is 0 Å². The average Bonchev–Trinajstić information content (AvgIpc) is 2.90. The lowest BCUT2D eigenvalue weighted by Crippen LogP contribution is -2.16. The molecule has 0 radical (unpaired) electrons. The minimum atomic E-state index is -0.0917. The molecule has 0 aliphatic rings. The van der Waals surface area contributed by atoms with Crippen molar-refractivity contribution in [2.45, 2.75) is 26.2 Å². The quantitative estimate of drug-likeness (QED) is 0.773. The standard InChI is InChI=1S/C14H20N4O2/c1-3-7-15-8-4-5-12-16-17-14(20-12)11-6-9-18(2)13(19)10-11/h6,9-10,15H,3-5,7-8H2,1-2H3. The Labute approximate surface area is 117 Å². The number of hydrogen-bond donors (Lipinski definition) is 1. The predicted molar refractivity (Wildman–Crippen MR) is 76.5 cm³/mol. The predicted octanol–water partition coefficient (Wildman–Crippen LogP) is 1.37. The molecule has 0 spiro atoms. The van der Waals surface area contributed by atoms with Gasteiger partial charge in [0.25, 0.3) is 5.56 Å². The molecule has 2 aromatic rings. The molecule has 0 aliphatic carbocycles. The summed E-state index contributed by atoms with van der Waals surface area (Å²) in [5, 5.41) is 11.3. The van der Waals surface area contributed by atoms with Gasteiger partial charge >= 0.3 is 0 Å². The monoisotopic (exact) mass is 276 g/mol. The van der Waals surface area contributed by atoms with Gasteiger partial charge in [0, 0.05) is 31.3 Å². The lowest BCUT2D eigenvalue weighted by molar-refractivity contribution is 0.491. The number of nitrogens with one attached hydrogen (secondary N) is 1. The van der Waals surface area contributed by atoms with Crippen LogP contribution in [-0.4, -0.2) is 27.9 Å². The zero-order valence-electron chi connectivity index (χ0n) is 11.9. The summed E-state index contributed by atoms with van der Waals surface area (Å²) in [4.78, 5) is 11.6. The zero-order valence-corrected chi connectivity index (χ0v) is 11.9. The SMILES string of the molecule is CCCNCCCc1nnc(-c2ccn(C)c(=O)c2)o1. The second-order valence-electron chi connectivity index (χ2n) is 4.72. The minimum absolute atomic E-state index is 0.0917. The molecule has 0 aliphatic heterocycles. The Bertz CT molecular complexity index is 603. The number of aryl methyl sites for hydroxylation is 2. The summed E-state index contributed by atoms with van der Waals surface area (Å²) in [7, 11) is 1.70. The van der Waals surface area contributed by atoms with E-state index in [1.807, 2.05) is 0 Å². The molecular formula is C14H20N4O2. The van der Waals surface area contributed by atoms with Crippen LogP contribution in [0.5, 0.6) is 0 Å². The van der Waals surface area contributed by atoms with Crippen LogP contribution in [0, 0.1) is 0 Å². The molecule has 20 heavy (non-hydrogen) atoms. The molecule has 0 bridgehead atoms. The van der Waals surface area contributed by atoms with Gasteiger partial charge < -0.3 is 14.3 Å². The summed E-state index contributed by atoms with van der Waals surface area (Å²) in [6.07, 6.45) is 4.52. The summed E-state index contributed by atoms with van der Waals surface area (Å²) >= 11 is 0. The third kappa shape index (κ3) is 3.77. The third-order valence-corrected chi connectivity index (χ3v) is 2.99. The van der Waals surface area contributed by atoms with Gasteiger partial charge in [0.2, 0.25) is 11.8 Å². The third-order valence-electron chi connectivity index (χ3n) is 2.99. The Hall–Kier alpha value is -1.95. The molecule has 6 heteroatoms. The van der Waals surface area contributed by atoms with Crippen molar-refractivity contribution in [3.8, 4) is 11.5 Å². The van der Waals surface area contributed by atoms with E-state index in [-0.39, 0.29) is 5.56 Å². The van der Waals surface area contributed by atoms with Gasteiger partial charge in [-0.3, -0.25) is 4.79 Å². The highest BCUT2D eigenvalue weighted by molar-refractivity contribution is 5.50. The topological polar surface area (TPSA) is 73.0 Å². The fourth-order valence-corrected chi connectivity index (χ4v) is 1.82. The van der Waals surface area contributed by atoms with Gasteiger partial charge in [-0.15, -0.1) is 10.2 Å².